The first kappa shape index (κ1) is 32.7. The van der Waals surface area contributed by atoms with Crippen LogP contribution in [0.15, 0.2) is 47.4 Å². The van der Waals surface area contributed by atoms with Crippen molar-refractivity contribution in [1.29, 1.82) is 0 Å². The van der Waals surface area contributed by atoms with E-state index < -0.39 is 16.1 Å². The van der Waals surface area contributed by atoms with E-state index in [1.54, 1.807) is 36.1 Å². The summed E-state index contributed by atoms with van der Waals surface area (Å²) in [6, 6.07) is 10.3. The zero-order valence-corrected chi connectivity index (χ0v) is 25.8. The van der Waals surface area contributed by atoms with E-state index in [1.165, 1.54) is 25.3 Å². The number of hydrogen-bond acceptors (Lipinski definition) is 8. The van der Waals surface area contributed by atoms with Crippen LogP contribution in [0.3, 0.4) is 0 Å². The van der Waals surface area contributed by atoms with Gasteiger partial charge in [-0.05, 0) is 89.7 Å². The fourth-order valence-electron chi connectivity index (χ4n) is 4.78. The lowest BCUT2D eigenvalue weighted by atomic mass is 10.0. The summed E-state index contributed by atoms with van der Waals surface area (Å²) in [6.45, 7) is 7.21. The van der Waals surface area contributed by atoms with Gasteiger partial charge in [0.05, 0.1) is 42.4 Å². The van der Waals surface area contributed by atoms with Crippen LogP contribution in [0.5, 0.6) is 11.5 Å². The molecular formula is C30H45N3O7S. The summed E-state index contributed by atoms with van der Waals surface area (Å²) in [6.07, 6.45) is 2.28. The van der Waals surface area contributed by atoms with Crippen LogP contribution in [-0.2, 0) is 14.8 Å². The minimum absolute atomic E-state index is 0.0293. The molecule has 0 bridgehead atoms. The largest absolute Gasteiger partial charge is 0.497 e. The number of ether oxygens (including phenoxy) is 3. The number of anilines is 1. The van der Waals surface area contributed by atoms with Crippen molar-refractivity contribution in [3.8, 4) is 11.5 Å². The fraction of sp³-hybridized carbons (Fsp3) is 0.567. The molecule has 0 fully saturated rings. The predicted octanol–water partition coefficient (Wildman–Crippen LogP) is 3.85. The first-order valence-electron chi connectivity index (χ1n) is 14.1. The summed E-state index contributed by atoms with van der Waals surface area (Å²) >= 11 is 0. The molecule has 0 aliphatic carbocycles. The Morgan fingerprint density at radius 3 is 2.49 bits per heavy atom. The third-order valence-electron chi connectivity index (χ3n) is 7.22. The number of carbonyl (C=O) groups is 1. The normalized spacial score (nSPS) is 21.9. The second-order valence-corrected chi connectivity index (χ2v) is 12.7. The molecule has 1 heterocycles. The number of sulfonamides is 1. The van der Waals surface area contributed by atoms with E-state index in [2.05, 4.69) is 9.62 Å². The Kier molecular flexibility index (Phi) is 11.8. The molecule has 0 saturated carbocycles. The van der Waals surface area contributed by atoms with Crippen LogP contribution in [-0.4, -0.2) is 95.0 Å². The van der Waals surface area contributed by atoms with Gasteiger partial charge in [-0.2, -0.15) is 0 Å². The maximum absolute atomic E-state index is 14.1. The maximum atomic E-state index is 14.1. The second kappa shape index (κ2) is 14.9. The first-order chi connectivity index (χ1) is 19.4. The Balaban J connectivity index is 2.01. The number of hydrogen-bond donors (Lipinski definition) is 2. The van der Waals surface area contributed by atoms with Gasteiger partial charge in [-0.3, -0.25) is 9.52 Å². The average Bonchev–Trinajstić information content (AvgIpc) is 2.94. The topological polar surface area (TPSA) is 118 Å². The quantitative estimate of drug-likeness (QED) is 0.476. The van der Waals surface area contributed by atoms with E-state index in [0.29, 0.717) is 31.2 Å². The van der Waals surface area contributed by atoms with Crippen LogP contribution in [0.4, 0.5) is 5.69 Å². The number of amides is 1. The third kappa shape index (κ3) is 9.06. The van der Waals surface area contributed by atoms with Gasteiger partial charge in [0.1, 0.15) is 11.5 Å². The molecule has 0 unspecified atom stereocenters. The SMILES string of the molecule is COc1ccc(S(=O)(=O)Nc2ccc3c(c2)C(=O)N([C@@H](C)CO)C[C@H](C)[C@@H](CN(C)C)OCCCC[C@H](C)O3)cc1. The standard InChI is InChI=1S/C30H45N3O7S/c1-21-18-33(22(2)20-34)30(35)27-17-24(31-41(36,37)26-13-11-25(38-6)12-14-26)10-15-28(27)40-23(3)9-7-8-16-39-29(21)19-32(4)5/h10-15,17,21-23,29,31,34H,7-9,16,18-20H2,1-6H3/t21-,22-,23-,29+/m0/s1. The molecule has 0 radical (unpaired) electrons. The van der Waals surface area contributed by atoms with Crippen molar-refractivity contribution in [2.45, 2.75) is 63.2 Å². The van der Waals surface area contributed by atoms with Crippen LogP contribution in [0.1, 0.15) is 50.4 Å². The van der Waals surface area contributed by atoms with Gasteiger partial charge in [0.25, 0.3) is 15.9 Å². The van der Waals surface area contributed by atoms with Gasteiger partial charge < -0.3 is 29.1 Å². The van der Waals surface area contributed by atoms with Crippen molar-refractivity contribution in [3.63, 3.8) is 0 Å². The molecule has 2 N–H and O–H groups in total. The van der Waals surface area contributed by atoms with E-state index in [1.807, 2.05) is 27.9 Å². The molecule has 2 aromatic carbocycles. The highest BCUT2D eigenvalue weighted by Crippen LogP contribution is 2.29. The zero-order valence-electron chi connectivity index (χ0n) is 25.0. The van der Waals surface area contributed by atoms with Gasteiger partial charge in [-0.1, -0.05) is 6.92 Å². The number of fused-ring (bicyclic) bond motifs is 1. The van der Waals surface area contributed by atoms with E-state index in [9.17, 15) is 18.3 Å². The minimum Gasteiger partial charge on any atom is -0.497 e. The van der Waals surface area contributed by atoms with Crippen molar-refractivity contribution < 1.29 is 32.5 Å². The number of benzene rings is 2. The number of aliphatic hydroxyl groups is 1. The zero-order chi connectivity index (χ0) is 30.2. The van der Waals surface area contributed by atoms with Crippen molar-refractivity contribution >= 4 is 21.6 Å². The lowest BCUT2D eigenvalue weighted by molar-refractivity contribution is -0.0137. The van der Waals surface area contributed by atoms with E-state index in [0.717, 1.165) is 19.3 Å². The van der Waals surface area contributed by atoms with E-state index in [4.69, 9.17) is 14.2 Å². The molecule has 1 aliphatic heterocycles. The van der Waals surface area contributed by atoms with E-state index in [-0.39, 0.29) is 46.8 Å². The van der Waals surface area contributed by atoms with Crippen LogP contribution in [0, 0.1) is 5.92 Å². The smallest absolute Gasteiger partial charge is 0.261 e. The van der Waals surface area contributed by atoms with Crippen molar-refractivity contribution in [2.75, 3.05) is 52.2 Å². The van der Waals surface area contributed by atoms with Gasteiger partial charge in [-0.25, -0.2) is 8.42 Å². The fourth-order valence-corrected chi connectivity index (χ4v) is 5.83. The Labute approximate surface area is 244 Å². The average molecular weight is 592 g/mol. The van der Waals surface area contributed by atoms with Crippen molar-refractivity contribution in [2.24, 2.45) is 5.92 Å². The summed E-state index contributed by atoms with van der Waals surface area (Å²) in [5.41, 5.74) is 0.449. The molecule has 228 valence electrons. The molecule has 1 amide bonds. The summed E-state index contributed by atoms with van der Waals surface area (Å²) in [4.78, 5) is 17.9. The molecule has 11 heteroatoms. The van der Waals surface area contributed by atoms with Crippen molar-refractivity contribution in [3.05, 3.63) is 48.0 Å². The Bertz CT molecular complexity index is 1240. The highest BCUT2D eigenvalue weighted by Gasteiger charge is 2.30. The monoisotopic (exact) mass is 591 g/mol. The van der Waals surface area contributed by atoms with Gasteiger partial charge in [0, 0.05) is 31.3 Å². The van der Waals surface area contributed by atoms with Gasteiger partial charge in [0.15, 0.2) is 0 Å². The number of rotatable bonds is 8. The summed E-state index contributed by atoms with van der Waals surface area (Å²) in [5, 5.41) is 10.1. The molecular weight excluding hydrogens is 546 g/mol. The maximum Gasteiger partial charge on any atom is 0.261 e. The Morgan fingerprint density at radius 1 is 1.15 bits per heavy atom. The second-order valence-electron chi connectivity index (χ2n) is 11.1. The van der Waals surface area contributed by atoms with Gasteiger partial charge >= 0.3 is 0 Å². The molecule has 0 aromatic heterocycles. The van der Waals surface area contributed by atoms with Crippen LogP contribution in [0.25, 0.3) is 0 Å². The summed E-state index contributed by atoms with van der Waals surface area (Å²) < 4.78 is 46.5. The number of aliphatic hydroxyl groups excluding tert-OH is 1. The number of carbonyl (C=O) groups excluding carboxylic acids is 1. The molecule has 1 aliphatic rings. The lowest BCUT2D eigenvalue weighted by Gasteiger charge is -2.35. The predicted molar refractivity (Wildman–Crippen MR) is 159 cm³/mol. The highest BCUT2D eigenvalue weighted by molar-refractivity contribution is 7.92. The Morgan fingerprint density at radius 2 is 1.85 bits per heavy atom. The molecule has 3 rings (SSSR count). The summed E-state index contributed by atoms with van der Waals surface area (Å²) in [7, 11) is 1.55. The van der Waals surface area contributed by atoms with Crippen LogP contribution >= 0.6 is 0 Å². The summed E-state index contributed by atoms with van der Waals surface area (Å²) in [5.74, 6) is 0.526. The molecule has 4 atom stereocenters. The van der Waals surface area contributed by atoms with Crippen molar-refractivity contribution in [1.82, 2.24) is 9.80 Å². The minimum atomic E-state index is -3.94. The molecule has 41 heavy (non-hydrogen) atoms. The number of methoxy groups -OCH3 is 1. The number of likely N-dealkylation sites (N-methyl/N-ethyl adjacent to an activating group) is 1. The molecule has 10 nitrogen and oxygen atoms in total. The van der Waals surface area contributed by atoms with Crippen LogP contribution in [0.2, 0.25) is 0 Å². The number of nitrogens with one attached hydrogen (secondary N) is 1. The third-order valence-corrected chi connectivity index (χ3v) is 8.62. The van der Waals surface area contributed by atoms with Crippen LogP contribution < -0.4 is 14.2 Å². The highest BCUT2D eigenvalue weighted by atomic mass is 32.2. The molecule has 0 saturated heterocycles. The number of nitrogens with zero attached hydrogens (tertiary/aromatic N) is 2. The van der Waals surface area contributed by atoms with E-state index >= 15 is 0 Å². The first-order valence-corrected chi connectivity index (χ1v) is 15.6. The van der Waals surface area contributed by atoms with Gasteiger partial charge in [-0.15, -0.1) is 0 Å². The molecule has 2 aromatic rings. The Hall–Kier alpha value is -2.86. The molecule has 0 spiro atoms. The lowest BCUT2D eigenvalue weighted by Crippen LogP contribution is -2.47. The van der Waals surface area contributed by atoms with Gasteiger partial charge in [0.2, 0.25) is 0 Å².